The topological polar surface area (TPSA) is 83.5 Å². The van der Waals surface area contributed by atoms with Gasteiger partial charge < -0.3 is 5.32 Å². The number of benzene rings is 1. The molecule has 20 heavy (non-hydrogen) atoms. The van der Waals surface area contributed by atoms with Crippen LogP contribution in [0.2, 0.25) is 0 Å². The molecule has 0 atom stereocenters. The lowest BCUT2D eigenvalue weighted by molar-refractivity contribution is 0.586. The third-order valence-corrected chi connectivity index (χ3v) is 5.83. The first-order valence-electron chi connectivity index (χ1n) is 5.81. The van der Waals surface area contributed by atoms with Gasteiger partial charge in [-0.25, -0.2) is 16.8 Å². The number of nitrogens with one attached hydrogen (secondary N) is 1. The fourth-order valence-corrected chi connectivity index (χ4v) is 5.01. The minimum Gasteiger partial charge on any atom is -0.382 e. The van der Waals surface area contributed by atoms with Crippen LogP contribution >= 0.6 is 12.4 Å². The maximum Gasteiger partial charge on any atom is 0.236 e. The van der Waals surface area contributed by atoms with Crippen molar-refractivity contribution in [3.8, 4) is 0 Å². The number of halogens is 1. The molecule has 1 heterocycles. The van der Waals surface area contributed by atoms with Gasteiger partial charge in [0.05, 0.1) is 29.4 Å². The van der Waals surface area contributed by atoms with Crippen molar-refractivity contribution in [3.05, 3.63) is 24.3 Å². The Morgan fingerprint density at radius 2 is 1.80 bits per heavy atom. The molecule has 0 saturated carbocycles. The highest BCUT2D eigenvalue weighted by Gasteiger charge is 2.27. The molecule has 1 aromatic rings. The highest BCUT2D eigenvalue weighted by molar-refractivity contribution is 7.95. The quantitative estimate of drug-likeness (QED) is 0.873. The van der Waals surface area contributed by atoms with Crippen LogP contribution in [0.25, 0.3) is 0 Å². The van der Waals surface area contributed by atoms with Crippen LogP contribution < -0.4 is 9.62 Å². The van der Waals surface area contributed by atoms with Crippen LogP contribution in [0.4, 0.5) is 11.4 Å². The Labute approximate surface area is 125 Å². The number of hydrogen-bond acceptors (Lipinski definition) is 5. The van der Waals surface area contributed by atoms with Crippen molar-refractivity contribution >= 4 is 43.6 Å². The van der Waals surface area contributed by atoms with E-state index in [0.29, 0.717) is 18.8 Å². The smallest absolute Gasteiger partial charge is 0.236 e. The molecular formula is C11H17ClN2O4S2. The third kappa shape index (κ3) is 4.00. The van der Waals surface area contributed by atoms with Crippen molar-refractivity contribution in [1.82, 2.24) is 0 Å². The number of rotatable bonds is 4. The Morgan fingerprint density at radius 1 is 1.15 bits per heavy atom. The second-order valence-corrected chi connectivity index (χ2v) is 8.73. The Bertz CT molecular complexity index is 673. The van der Waals surface area contributed by atoms with Gasteiger partial charge >= 0.3 is 0 Å². The first-order valence-corrected chi connectivity index (χ1v) is 9.48. The molecule has 0 saturated heterocycles. The first kappa shape index (κ1) is 17.1. The maximum absolute atomic E-state index is 12.2. The Hall–Kier alpha value is -0.990. The minimum atomic E-state index is -3.62. The van der Waals surface area contributed by atoms with Crippen molar-refractivity contribution < 1.29 is 16.8 Å². The Morgan fingerprint density at radius 3 is 2.45 bits per heavy atom. The highest BCUT2D eigenvalue weighted by atomic mass is 35.5. The molecule has 1 N–H and O–H groups in total. The molecule has 0 amide bonds. The monoisotopic (exact) mass is 340 g/mol. The van der Waals surface area contributed by atoms with Crippen molar-refractivity contribution in [1.29, 1.82) is 0 Å². The van der Waals surface area contributed by atoms with E-state index in [1.54, 1.807) is 18.2 Å². The van der Waals surface area contributed by atoms with E-state index in [0.717, 1.165) is 11.9 Å². The summed E-state index contributed by atoms with van der Waals surface area (Å²) in [6.07, 6.45) is 1.04. The molecule has 114 valence electrons. The second kappa shape index (κ2) is 6.19. The standard InChI is InChI=1S/C11H16N2O4S2.ClH/c1-18(14,15)8-9-19(16,17)13-7-6-12-10-4-2-3-5-11(10)13;/h2-5,12H,6-9H2,1H3;1H. The summed E-state index contributed by atoms with van der Waals surface area (Å²) in [5.74, 6) is -0.748. The van der Waals surface area contributed by atoms with Gasteiger partial charge in [-0.05, 0) is 12.1 Å². The van der Waals surface area contributed by atoms with Crippen LogP contribution in [0.15, 0.2) is 24.3 Å². The van der Waals surface area contributed by atoms with E-state index in [1.165, 1.54) is 4.31 Å². The lowest BCUT2D eigenvalue weighted by atomic mass is 10.2. The van der Waals surface area contributed by atoms with E-state index in [9.17, 15) is 16.8 Å². The molecule has 0 aliphatic carbocycles. The summed E-state index contributed by atoms with van der Waals surface area (Å²) in [4.78, 5) is 0. The predicted molar refractivity (Wildman–Crippen MR) is 83.0 cm³/mol. The van der Waals surface area contributed by atoms with Crippen LogP contribution in [0.5, 0.6) is 0 Å². The molecule has 0 radical (unpaired) electrons. The highest BCUT2D eigenvalue weighted by Crippen LogP contribution is 2.30. The molecule has 0 fully saturated rings. The van der Waals surface area contributed by atoms with Crippen LogP contribution in [0, 0.1) is 0 Å². The van der Waals surface area contributed by atoms with Crippen LogP contribution in [0.3, 0.4) is 0 Å². The largest absolute Gasteiger partial charge is 0.382 e. The fourth-order valence-electron chi connectivity index (χ4n) is 1.91. The van der Waals surface area contributed by atoms with Gasteiger partial charge in [-0.3, -0.25) is 4.31 Å². The summed E-state index contributed by atoms with van der Waals surface area (Å²) in [5.41, 5.74) is 1.32. The van der Waals surface area contributed by atoms with Gasteiger partial charge in [0.15, 0.2) is 0 Å². The first-order chi connectivity index (χ1) is 8.80. The van der Waals surface area contributed by atoms with Crippen molar-refractivity contribution in [3.63, 3.8) is 0 Å². The zero-order valence-corrected chi connectivity index (χ0v) is 13.4. The van der Waals surface area contributed by atoms with E-state index >= 15 is 0 Å². The Balaban J connectivity index is 0.00000200. The lowest BCUT2D eigenvalue weighted by Gasteiger charge is -2.31. The van der Waals surface area contributed by atoms with Gasteiger partial charge in [-0.15, -0.1) is 12.4 Å². The summed E-state index contributed by atoms with van der Waals surface area (Å²) in [6, 6.07) is 7.08. The SMILES string of the molecule is CS(=O)(=O)CCS(=O)(=O)N1CCNc2ccccc21.Cl. The molecular weight excluding hydrogens is 324 g/mol. The van der Waals surface area contributed by atoms with Crippen LogP contribution in [0.1, 0.15) is 0 Å². The van der Waals surface area contributed by atoms with E-state index in [1.807, 2.05) is 6.07 Å². The number of sulfonamides is 1. The molecule has 0 spiro atoms. The molecule has 2 rings (SSSR count). The average molecular weight is 341 g/mol. The van der Waals surface area contributed by atoms with Gasteiger partial charge in [0.25, 0.3) is 0 Å². The van der Waals surface area contributed by atoms with Gasteiger partial charge in [-0.1, -0.05) is 12.1 Å². The summed E-state index contributed by atoms with van der Waals surface area (Å²) < 4.78 is 48.0. The zero-order chi connectivity index (χ0) is 14.1. The van der Waals surface area contributed by atoms with Crippen molar-refractivity contribution in [2.24, 2.45) is 0 Å². The van der Waals surface area contributed by atoms with Crippen LogP contribution in [-0.2, 0) is 19.9 Å². The third-order valence-electron chi connectivity index (χ3n) is 2.85. The van der Waals surface area contributed by atoms with Crippen LogP contribution in [-0.4, -0.2) is 47.7 Å². The Kier molecular flexibility index (Phi) is 5.28. The molecule has 0 aromatic heterocycles. The number of para-hydroxylation sites is 2. The zero-order valence-electron chi connectivity index (χ0n) is 10.9. The molecule has 1 aliphatic rings. The second-order valence-electron chi connectivity index (χ2n) is 4.46. The minimum absolute atomic E-state index is 0. The normalized spacial score (nSPS) is 14.9. The molecule has 1 aromatic carbocycles. The van der Waals surface area contributed by atoms with Gasteiger partial charge in [0, 0.05) is 12.8 Å². The van der Waals surface area contributed by atoms with E-state index in [4.69, 9.17) is 0 Å². The van der Waals surface area contributed by atoms with E-state index in [2.05, 4.69) is 5.32 Å². The number of anilines is 2. The fraction of sp³-hybridized carbons (Fsp3) is 0.455. The summed E-state index contributed by atoms with van der Waals surface area (Å²) in [6.45, 7) is 0.818. The molecule has 1 aliphatic heterocycles. The van der Waals surface area contributed by atoms with E-state index < -0.39 is 19.9 Å². The number of nitrogens with zero attached hydrogens (tertiary/aromatic N) is 1. The number of sulfone groups is 1. The maximum atomic E-state index is 12.2. The van der Waals surface area contributed by atoms with Crippen molar-refractivity contribution in [2.75, 3.05) is 40.5 Å². The molecule has 6 nitrogen and oxygen atoms in total. The summed E-state index contributed by atoms with van der Waals surface area (Å²) in [7, 11) is -6.91. The molecule has 0 unspecified atom stereocenters. The number of hydrogen-bond donors (Lipinski definition) is 1. The molecule has 9 heteroatoms. The predicted octanol–water partition coefficient (Wildman–Crippen LogP) is 0.715. The van der Waals surface area contributed by atoms with Gasteiger partial charge in [0.2, 0.25) is 10.0 Å². The van der Waals surface area contributed by atoms with Gasteiger partial charge in [-0.2, -0.15) is 0 Å². The summed E-state index contributed by atoms with van der Waals surface area (Å²) in [5, 5.41) is 3.11. The molecule has 0 bridgehead atoms. The lowest BCUT2D eigenvalue weighted by Crippen LogP contribution is -2.41. The van der Waals surface area contributed by atoms with Gasteiger partial charge in [0.1, 0.15) is 9.84 Å². The average Bonchev–Trinajstić information content (AvgIpc) is 2.35. The number of fused-ring (bicyclic) bond motifs is 1. The summed E-state index contributed by atoms with van der Waals surface area (Å²) >= 11 is 0. The van der Waals surface area contributed by atoms with Crippen molar-refractivity contribution in [2.45, 2.75) is 0 Å². The van der Waals surface area contributed by atoms with E-state index in [-0.39, 0.29) is 23.9 Å².